The van der Waals surface area contributed by atoms with Gasteiger partial charge >= 0.3 is 0 Å². The molecule has 7 heteroatoms. The van der Waals surface area contributed by atoms with E-state index in [1.165, 1.54) is 24.7 Å². The lowest BCUT2D eigenvalue weighted by Crippen LogP contribution is -2.43. The Morgan fingerprint density at radius 3 is 3.00 bits per heavy atom. The topological polar surface area (TPSA) is 73.1 Å². The van der Waals surface area contributed by atoms with Gasteiger partial charge in [0.1, 0.15) is 12.0 Å². The highest BCUT2D eigenvalue weighted by molar-refractivity contribution is 5.92. The van der Waals surface area contributed by atoms with Crippen LogP contribution in [0.3, 0.4) is 0 Å². The van der Waals surface area contributed by atoms with Crippen molar-refractivity contribution < 1.29 is 9.53 Å². The van der Waals surface area contributed by atoms with Crippen molar-refractivity contribution in [2.45, 2.75) is 25.3 Å². The van der Waals surface area contributed by atoms with E-state index in [0.29, 0.717) is 24.8 Å². The van der Waals surface area contributed by atoms with Gasteiger partial charge in [0.15, 0.2) is 0 Å². The molecule has 3 heterocycles. The van der Waals surface area contributed by atoms with E-state index < -0.39 is 0 Å². The van der Waals surface area contributed by atoms with Crippen LogP contribution in [0, 0.1) is 5.92 Å². The zero-order valence-electron chi connectivity index (χ0n) is 13.8. The Bertz CT molecular complexity index is 726. The average Bonchev–Trinajstić information content (AvgIpc) is 3.37. The Labute approximate surface area is 140 Å². The summed E-state index contributed by atoms with van der Waals surface area (Å²) in [7, 11) is 1.92. The molecule has 0 aromatic carbocycles. The number of amides is 1. The smallest absolute Gasteiger partial charge is 0.273 e. The summed E-state index contributed by atoms with van der Waals surface area (Å²) >= 11 is 0. The summed E-state index contributed by atoms with van der Waals surface area (Å²) in [6, 6.07) is 1.53. The van der Waals surface area contributed by atoms with Crippen LogP contribution in [0.4, 0.5) is 0 Å². The predicted molar refractivity (Wildman–Crippen MR) is 86.3 cm³/mol. The first kappa shape index (κ1) is 15.3. The third kappa shape index (κ3) is 2.91. The number of fused-ring (bicyclic) bond motifs is 1. The fourth-order valence-electron chi connectivity index (χ4n) is 3.27. The second kappa shape index (κ2) is 6.32. The molecule has 2 aliphatic rings. The molecule has 0 unspecified atom stereocenters. The minimum Gasteiger partial charge on any atom is -0.379 e. The van der Waals surface area contributed by atoms with Crippen LogP contribution >= 0.6 is 0 Å². The van der Waals surface area contributed by atoms with E-state index in [-0.39, 0.29) is 11.9 Å². The van der Waals surface area contributed by atoms with Gasteiger partial charge in [0.25, 0.3) is 5.91 Å². The van der Waals surface area contributed by atoms with E-state index >= 15 is 0 Å². The molecule has 1 fully saturated rings. The Kier molecular flexibility index (Phi) is 4.02. The summed E-state index contributed by atoms with van der Waals surface area (Å²) in [5.41, 5.74) is 2.69. The van der Waals surface area contributed by atoms with Crippen molar-refractivity contribution in [2.75, 3.05) is 19.8 Å². The minimum atomic E-state index is -0.123. The number of aryl methyl sites for hydroxylation is 1. The van der Waals surface area contributed by atoms with Gasteiger partial charge in [-0.05, 0) is 36.8 Å². The Morgan fingerprint density at radius 1 is 1.38 bits per heavy atom. The second-order valence-electron chi connectivity index (χ2n) is 6.52. The number of ether oxygens (including phenoxy) is 1. The Balaban J connectivity index is 1.59. The number of rotatable bonds is 5. The van der Waals surface area contributed by atoms with Crippen molar-refractivity contribution in [1.82, 2.24) is 24.6 Å². The summed E-state index contributed by atoms with van der Waals surface area (Å²) in [5.74, 6) is 0.620. The number of hydrogen-bond acceptors (Lipinski definition) is 5. The van der Waals surface area contributed by atoms with Crippen molar-refractivity contribution in [3.05, 3.63) is 41.7 Å². The van der Waals surface area contributed by atoms with Gasteiger partial charge in [0, 0.05) is 26.4 Å². The van der Waals surface area contributed by atoms with E-state index in [9.17, 15) is 4.79 Å². The number of carbonyl (C=O) groups is 1. The molecule has 7 nitrogen and oxygen atoms in total. The molecule has 24 heavy (non-hydrogen) atoms. The van der Waals surface area contributed by atoms with Gasteiger partial charge < -0.3 is 9.64 Å². The van der Waals surface area contributed by atoms with Gasteiger partial charge in [-0.3, -0.25) is 9.48 Å². The van der Waals surface area contributed by atoms with Crippen LogP contribution in [-0.4, -0.2) is 50.3 Å². The molecular formula is C17H21N5O2. The lowest BCUT2D eigenvalue weighted by molar-refractivity contribution is 0.0344. The third-order valence-electron chi connectivity index (χ3n) is 4.77. The van der Waals surface area contributed by atoms with Crippen molar-refractivity contribution in [3.8, 4) is 0 Å². The van der Waals surface area contributed by atoms with Gasteiger partial charge in [0.2, 0.25) is 0 Å². The first-order valence-electron chi connectivity index (χ1n) is 8.39. The monoisotopic (exact) mass is 327 g/mol. The van der Waals surface area contributed by atoms with Crippen LogP contribution in [0.5, 0.6) is 0 Å². The molecule has 0 bridgehead atoms. The average molecular weight is 327 g/mol. The van der Waals surface area contributed by atoms with Gasteiger partial charge in [0.05, 0.1) is 24.5 Å². The van der Waals surface area contributed by atoms with Crippen LogP contribution in [0.1, 0.15) is 40.6 Å². The van der Waals surface area contributed by atoms with Crippen molar-refractivity contribution >= 4 is 5.91 Å². The van der Waals surface area contributed by atoms with Crippen molar-refractivity contribution in [1.29, 1.82) is 0 Å². The zero-order valence-corrected chi connectivity index (χ0v) is 13.8. The molecule has 4 rings (SSSR count). The predicted octanol–water partition coefficient (Wildman–Crippen LogP) is 1.38. The number of nitrogens with zero attached hydrogens (tertiary/aromatic N) is 5. The maximum atomic E-state index is 12.9. The van der Waals surface area contributed by atoms with Crippen molar-refractivity contribution in [3.63, 3.8) is 0 Å². The summed E-state index contributed by atoms with van der Waals surface area (Å²) in [4.78, 5) is 22.8. The molecule has 126 valence electrons. The molecular weight excluding hydrogens is 306 g/mol. The first-order valence-corrected chi connectivity index (χ1v) is 8.39. The number of aromatic nitrogens is 4. The fraction of sp³-hybridized carbons (Fsp3) is 0.529. The van der Waals surface area contributed by atoms with Crippen LogP contribution in [-0.2, 0) is 18.2 Å². The molecule has 1 aliphatic heterocycles. The highest BCUT2D eigenvalue weighted by Gasteiger charge is 2.35. The summed E-state index contributed by atoms with van der Waals surface area (Å²) in [6.45, 7) is 1.93. The molecule has 0 spiro atoms. The standard InChI is InChI=1S/C17H21N5O2/c1-21-16-13(8-20-21)5-7-22(15(16)10-24-9-12-2-3-12)17(23)14-4-6-18-11-19-14/h4,6,8,11-12,15H,2-3,5,7,9-10H2,1H3/t15-/m0/s1. The third-order valence-corrected chi connectivity index (χ3v) is 4.77. The number of carbonyl (C=O) groups excluding carboxylic acids is 1. The van der Waals surface area contributed by atoms with Crippen LogP contribution in [0.15, 0.2) is 24.8 Å². The minimum absolute atomic E-state index is 0.0794. The Hall–Kier alpha value is -2.28. The fourth-order valence-corrected chi connectivity index (χ4v) is 3.27. The zero-order chi connectivity index (χ0) is 16.5. The summed E-state index contributed by atoms with van der Waals surface area (Å²) < 4.78 is 7.79. The molecule has 0 radical (unpaired) electrons. The Morgan fingerprint density at radius 2 is 2.25 bits per heavy atom. The molecule has 0 N–H and O–H groups in total. The lowest BCUT2D eigenvalue weighted by Gasteiger charge is -2.35. The highest BCUT2D eigenvalue weighted by Crippen LogP contribution is 2.33. The van der Waals surface area contributed by atoms with Gasteiger partial charge in [-0.25, -0.2) is 9.97 Å². The van der Waals surface area contributed by atoms with Crippen LogP contribution in [0.25, 0.3) is 0 Å². The summed E-state index contributed by atoms with van der Waals surface area (Å²) in [5, 5.41) is 4.37. The molecule has 0 saturated heterocycles. The molecule has 2 aromatic rings. The van der Waals surface area contributed by atoms with Crippen LogP contribution < -0.4 is 0 Å². The molecule has 1 saturated carbocycles. The molecule has 1 aliphatic carbocycles. The van der Waals surface area contributed by atoms with Crippen LogP contribution in [0.2, 0.25) is 0 Å². The van der Waals surface area contributed by atoms with E-state index in [1.807, 2.05) is 22.8 Å². The SMILES string of the molecule is Cn1ncc2c1[C@H](COCC1CC1)N(C(=O)c1ccncn1)CC2. The van der Waals surface area contributed by atoms with E-state index in [2.05, 4.69) is 15.1 Å². The largest absolute Gasteiger partial charge is 0.379 e. The van der Waals surface area contributed by atoms with Gasteiger partial charge in [-0.1, -0.05) is 0 Å². The van der Waals surface area contributed by atoms with Gasteiger partial charge in [-0.15, -0.1) is 0 Å². The van der Waals surface area contributed by atoms with E-state index in [4.69, 9.17) is 4.74 Å². The lowest BCUT2D eigenvalue weighted by atomic mass is 9.99. The van der Waals surface area contributed by atoms with Crippen molar-refractivity contribution in [2.24, 2.45) is 13.0 Å². The molecule has 1 atom stereocenters. The quantitative estimate of drug-likeness (QED) is 0.829. The van der Waals surface area contributed by atoms with E-state index in [1.54, 1.807) is 12.3 Å². The van der Waals surface area contributed by atoms with E-state index in [0.717, 1.165) is 18.7 Å². The highest BCUT2D eigenvalue weighted by atomic mass is 16.5. The maximum absolute atomic E-state index is 12.9. The number of hydrogen-bond donors (Lipinski definition) is 0. The van der Waals surface area contributed by atoms with Gasteiger partial charge in [-0.2, -0.15) is 5.10 Å². The normalized spacial score (nSPS) is 20.0. The molecule has 2 aromatic heterocycles. The summed E-state index contributed by atoms with van der Waals surface area (Å²) in [6.07, 6.45) is 8.22. The first-order chi connectivity index (χ1) is 11.7. The second-order valence-corrected chi connectivity index (χ2v) is 6.52. The molecule has 1 amide bonds. The maximum Gasteiger partial charge on any atom is 0.273 e.